The summed E-state index contributed by atoms with van der Waals surface area (Å²) in [6.07, 6.45) is 4.34. The van der Waals surface area contributed by atoms with Crippen LogP contribution < -0.4 is 10.6 Å². The molecule has 0 amide bonds. The second kappa shape index (κ2) is 5.83. The molecule has 0 radical (unpaired) electrons. The van der Waals surface area contributed by atoms with Gasteiger partial charge in [0, 0.05) is 13.1 Å². The lowest BCUT2D eigenvalue weighted by Crippen LogP contribution is -2.27. The second-order valence-corrected chi connectivity index (χ2v) is 6.68. The lowest BCUT2D eigenvalue weighted by atomic mass is 9.77. The number of anilines is 2. The fourth-order valence-electron chi connectivity index (χ4n) is 2.92. The number of nitrogens with two attached hydrogens (primary N) is 1. The predicted molar refractivity (Wildman–Crippen MR) is 82.1 cm³/mol. The summed E-state index contributed by atoms with van der Waals surface area (Å²) in [6, 6.07) is 0. The molecule has 116 valence electrons. The molecule has 1 aromatic rings. The maximum atomic E-state index is 11.1. The minimum atomic E-state index is -0.444. The molecule has 0 saturated carbocycles. The van der Waals surface area contributed by atoms with E-state index in [0.717, 1.165) is 32.4 Å². The van der Waals surface area contributed by atoms with E-state index in [2.05, 4.69) is 30.7 Å². The number of aromatic nitrogens is 2. The molecule has 1 atom stereocenters. The molecule has 7 heteroatoms. The Balaban J connectivity index is 2.23. The Kier molecular flexibility index (Phi) is 4.29. The highest BCUT2D eigenvalue weighted by Gasteiger charge is 2.30. The Hall–Kier alpha value is -1.92. The maximum absolute atomic E-state index is 11.1. The van der Waals surface area contributed by atoms with Crippen LogP contribution in [-0.2, 0) is 0 Å². The molecule has 1 fully saturated rings. The van der Waals surface area contributed by atoms with E-state index in [0.29, 0.717) is 11.7 Å². The first-order chi connectivity index (χ1) is 9.79. The quantitative estimate of drug-likeness (QED) is 0.664. The molecule has 1 aliphatic heterocycles. The van der Waals surface area contributed by atoms with Crippen molar-refractivity contribution in [1.82, 2.24) is 9.97 Å². The molecule has 7 nitrogen and oxygen atoms in total. The first-order valence-electron chi connectivity index (χ1n) is 7.31. The van der Waals surface area contributed by atoms with Crippen LogP contribution in [0.2, 0.25) is 0 Å². The van der Waals surface area contributed by atoms with Crippen molar-refractivity contribution >= 4 is 17.5 Å². The van der Waals surface area contributed by atoms with Crippen LogP contribution in [0.5, 0.6) is 0 Å². The van der Waals surface area contributed by atoms with Gasteiger partial charge in [0.1, 0.15) is 6.20 Å². The largest absolute Gasteiger partial charge is 0.368 e. The summed E-state index contributed by atoms with van der Waals surface area (Å²) in [7, 11) is 0. The van der Waals surface area contributed by atoms with E-state index in [4.69, 9.17) is 5.73 Å². The van der Waals surface area contributed by atoms with Gasteiger partial charge in [0.2, 0.25) is 11.8 Å². The van der Waals surface area contributed by atoms with Crippen LogP contribution in [0, 0.1) is 21.4 Å². The minimum absolute atomic E-state index is 0.0709. The fourth-order valence-corrected chi connectivity index (χ4v) is 2.92. The van der Waals surface area contributed by atoms with Crippen molar-refractivity contribution in [3.63, 3.8) is 0 Å². The van der Waals surface area contributed by atoms with Crippen LogP contribution in [0.4, 0.5) is 17.5 Å². The average Bonchev–Trinajstić information content (AvgIpc) is 2.63. The molecule has 0 aromatic carbocycles. The molecule has 2 N–H and O–H groups in total. The van der Waals surface area contributed by atoms with Crippen LogP contribution >= 0.6 is 0 Å². The summed E-state index contributed by atoms with van der Waals surface area (Å²) in [6.45, 7) is 8.28. The van der Waals surface area contributed by atoms with Gasteiger partial charge in [0.25, 0.3) is 0 Å². The van der Waals surface area contributed by atoms with Gasteiger partial charge < -0.3 is 10.6 Å². The molecule has 1 aliphatic rings. The van der Waals surface area contributed by atoms with Crippen LogP contribution in [-0.4, -0.2) is 28.0 Å². The number of hydrogen-bond donors (Lipinski definition) is 1. The minimum Gasteiger partial charge on any atom is -0.368 e. The van der Waals surface area contributed by atoms with Gasteiger partial charge >= 0.3 is 5.69 Å². The average molecular weight is 293 g/mol. The highest BCUT2D eigenvalue weighted by atomic mass is 16.6. The second-order valence-electron chi connectivity index (χ2n) is 6.68. The van der Waals surface area contributed by atoms with Crippen molar-refractivity contribution in [2.24, 2.45) is 11.3 Å². The number of nitro groups is 1. The molecule has 2 rings (SSSR count). The summed E-state index contributed by atoms with van der Waals surface area (Å²) in [5.41, 5.74) is 5.78. The van der Waals surface area contributed by atoms with E-state index >= 15 is 0 Å². The van der Waals surface area contributed by atoms with E-state index in [9.17, 15) is 10.1 Å². The lowest BCUT2D eigenvalue weighted by molar-refractivity contribution is -0.384. The Labute approximate surface area is 124 Å². The molecule has 0 bridgehead atoms. The van der Waals surface area contributed by atoms with Crippen LogP contribution in [0.1, 0.15) is 40.0 Å². The van der Waals surface area contributed by atoms with Crippen molar-refractivity contribution in [2.75, 3.05) is 23.7 Å². The summed E-state index contributed by atoms with van der Waals surface area (Å²) in [4.78, 5) is 20.5. The Morgan fingerprint density at radius 1 is 1.38 bits per heavy atom. The Morgan fingerprint density at radius 3 is 2.71 bits per heavy atom. The zero-order valence-corrected chi connectivity index (χ0v) is 12.9. The van der Waals surface area contributed by atoms with Crippen molar-refractivity contribution in [3.8, 4) is 0 Å². The van der Waals surface area contributed by atoms with E-state index in [1.54, 1.807) is 0 Å². The van der Waals surface area contributed by atoms with Gasteiger partial charge in [-0.2, -0.15) is 4.98 Å². The van der Waals surface area contributed by atoms with Crippen molar-refractivity contribution in [1.29, 1.82) is 0 Å². The number of nitrogen functional groups attached to an aromatic ring is 1. The first kappa shape index (κ1) is 15.5. The first-order valence-corrected chi connectivity index (χ1v) is 7.31. The van der Waals surface area contributed by atoms with Gasteiger partial charge in [-0.05, 0) is 30.6 Å². The molecule has 1 unspecified atom stereocenters. The summed E-state index contributed by atoms with van der Waals surface area (Å²) in [5.74, 6) is 1.04. The highest BCUT2D eigenvalue weighted by molar-refractivity contribution is 5.58. The number of nitrogens with zero attached hydrogens (tertiary/aromatic N) is 4. The Morgan fingerprint density at radius 2 is 2.10 bits per heavy atom. The van der Waals surface area contributed by atoms with Crippen molar-refractivity contribution < 1.29 is 4.92 Å². The smallest absolute Gasteiger partial charge is 0.329 e. The number of rotatable bonds is 2. The molecular weight excluding hydrogens is 270 g/mol. The standard InChI is InChI=1S/C14H23N5O2/c1-14(2,3)10-5-4-7-18(8-6-10)12-11(19(20)21)9-16-13(15)17-12/h9-10H,4-8H2,1-3H3,(H2,15,16,17). The third kappa shape index (κ3) is 3.59. The predicted octanol–water partition coefficient (Wildman–Crippen LogP) is 2.62. The zero-order valence-electron chi connectivity index (χ0n) is 12.9. The summed E-state index contributed by atoms with van der Waals surface area (Å²) in [5, 5.41) is 11.1. The molecular formula is C14H23N5O2. The van der Waals surface area contributed by atoms with Gasteiger partial charge in [-0.1, -0.05) is 20.8 Å². The van der Waals surface area contributed by atoms with Gasteiger partial charge in [0.05, 0.1) is 4.92 Å². The molecule has 21 heavy (non-hydrogen) atoms. The van der Waals surface area contributed by atoms with E-state index in [1.165, 1.54) is 6.20 Å². The van der Waals surface area contributed by atoms with Crippen LogP contribution in [0.15, 0.2) is 6.20 Å². The van der Waals surface area contributed by atoms with Crippen molar-refractivity contribution in [2.45, 2.75) is 40.0 Å². The monoisotopic (exact) mass is 293 g/mol. The van der Waals surface area contributed by atoms with Crippen molar-refractivity contribution in [3.05, 3.63) is 16.3 Å². The summed E-state index contributed by atoms with van der Waals surface area (Å²) >= 11 is 0. The maximum Gasteiger partial charge on any atom is 0.329 e. The van der Waals surface area contributed by atoms with Gasteiger partial charge in [-0.25, -0.2) is 4.98 Å². The molecule has 1 aromatic heterocycles. The van der Waals surface area contributed by atoms with Crippen LogP contribution in [0.3, 0.4) is 0 Å². The normalized spacial score (nSPS) is 20.1. The summed E-state index contributed by atoms with van der Waals surface area (Å²) < 4.78 is 0. The van der Waals surface area contributed by atoms with Gasteiger partial charge in [-0.15, -0.1) is 0 Å². The van der Waals surface area contributed by atoms with Crippen LogP contribution in [0.25, 0.3) is 0 Å². The van der Waals surface area contributed by atoms with E-state index in [1.807, 2.05) is 4.90 Å². The van der Waals surface area contributed by atoms with Gasteiger partial charge in [0.15, 0.2) is 0 Å². The fraction of sp³-hybridized carbons (Fsp3) is 0.714. The van der Waals surface area contributed by atoms with E-state index in [-0.39, 0.29) is 17.1 Å². The van der Waals surface area contributed by atoms with E-state index < -0.39 is 4.92 Å². The third-order valence-corrected chi connectivity index (χ3v) is 4.22. The molecule has 0 aliphatic carbocycles. The SMILES string of the molecule is CC(C)(C)C1CCCN(c2nc(N)ncc2[N+](=O)[O-])CC1. The highest BCUT2D eigenvalue weighted by Crippen LogP contribution is 2.36. The molecule has 2 heterocycles. The zero-order chi connectivity index (χ0) is 15.6. The number of hydrogen-bond acceptors (Lipinski definition) is 6. The Bertz CT molecular complexity index is 527. The van der Waals surface area contributed by atoms with Gasteiger partial charge in [-0.3, -0.25) is 10.1 Å². The molecule has 1 saturated heterocycles. The topological polar surface area (TPSA) is 98.2 Å². The molecule has 0 spiro atoms. The third-order valence-electron chi connectivity index (χ3n) is 4.22. The lowest BCUT2D eigenvalue weighted by Gasteiger charge is -2.29.